The summed E-state index contributed by atoms with van der Waals surface area (Å²) in [7, 11) is 0. The molecule has 2 aliphatic carbocycles. The molecule has 8 heteroatoms. The second-order valence-corrected chi connectivity index (χ2v) is 10.2. The Morgan fingerprint density at radius 1 is 1.21 bits per heavy atom. The predicted molar refractivity (Wildman–Crippen MR) is 121 cm³/mol. The van der Waals surface area contributed by atoms with Crippen molar-refractivity contribution in [1.82, 2.24) is 10.5 Å². The molecule has 3 fully saturated rings. The van der Waals surface area contributed by atoms with Crippen molar-refractivity contribution in [3.05, 3.63) is 35.6 Å². The highest BCUT2D eigenvalue weighted by Gasteiger charge is 2.50. The van der Waals surface area contributed by atoms with Crippen molar-refractivity contribution in [3.8, 4) is 17.0 Å². The maximum absolute atomic E-state index is 13.0. The van der Waals surface area contributed by atoms with Gasteiger partial charge in [0.25, 0.3) is 0 Å². The Hall–Kier alpha value is -2.06. The average Bonchev–Trinajstić information content (AvgIpc) is 3.36. The van der Waals surface area contributed by atoms with Crippen LogP contribution in [-0.4, -0.2) is 29.8 Å². The summed E-state index contributed by atoms with van der Waals surface area (Å²) >= 11 is 0. The molecule has 4 atom stereocenters. The highest BCUT2D eigenvalue weighted by molar-refractivity contribution is 5.70. The number of para-hydroxylation sites is 1. The number of halogens is 3. The van der Waals surface area contributed by atoms with E-state index in [1.54, 1.807) is 12.1 Å². The van der Waals surface area contributed by atoms with Gasteiger partial charge in [0.1, 0.15) is 17.2 Å². The number of nitrogens with zero attached hydrogens (tertiary/aromatic N) is 1. The Labute approximate surface area is 198 Å². The molecule has 0 amide bonds. The highest BCUT2D eigenvalue weighted by atomic mass is 19.4. The number of rotatable bonds is 7. The van der Waals surface area contributed by atoms with Gasteiger partial charge in [-0.1, -0.05) is 37.6 Å². The van der Waals surface area contributed by atoms with E-state index in [9.17, 15) is 13.2 Å². The minimum Gasteiger partial charge on any atom is -0.405 e. The van der Waals surface area contributed by atoms with Crippen LogP contribution in [0.25, 0.3) is 11.3 Å². The van der Waals surface area contributed by atoms with Crippen LogP contribution in [0.5, 0.6) is 5.75 Å². The lowest BCUT2D eigenvalue weighted by Gasteiger charge is -2.48. The van der Waals surface area contributed by atoms with Gasteiger partial charge < -0.3 is 19.3 Å². The summed E-state index contributed by atoms with van der Waals surface area (Å²) in [6, 6.07) is 6.46. The highest BCUT2D eigenvalue weighted by Crippen LogP contribution is 2.49. The molecule has 186 valence electrons. The van der Waals surface area contributed by atoms with Crippen LogP contribution in [0.4, 0.5) is 13.2 Å². The molecule has 1 saturated heterocycles. The summed E-state index contributed by atoms with van der Waals surface area (Å²) in [4.78, 5) is 0. The maximum atomic E-state index is 13.0. The molecule has 0 bridgehead atoms. The third-order valence-corrected chi connectivity index (χ3v) is 8.01. The molecule has 34 heavy (non-hydrogen) atoms. The molecule has 1 spiro atoms. The first-order chi connectivity index (χ1) is 16.3. The Kier molecular flexibility index (Phi) is 6.40. The Balaban J connectivity index is 1.38. The van der Waals surface area contributed by atoms with E-state index in [1.807, 2.05) is 0 Å². The maximum Gasteiger partial charge on any atom is 0.573 e. The second kappa shape index (κ2) is 9.19. The lowest BCUT2D eigenvalue weighted by molar-refractivity contribution is -0.274. The minimum atomic E-state index is -4.77. The summed E-state index contributed by atoms with van der Waals surface area (Å²) < 4.78 is 55.4. The van der Waals surface area contributed by atoms with Crippen molar-refractivity contribution in [3.63, 3.8) is 0 Å². The van der Waals surface area contributed by atoms with Crippen LogP contribution in [0.2, 0.25) is 0 Å². The molecule has 2 saturated carbocycles. The summed E-state index contributed by atoms with van der Waals surface area (Å²) in [5, 5.41) is 7.93. The zero-order valence-electron chi connectivity index (χ0n) is 19.8. The molecule has 5 rings (SSSR count). The average molecular weight is 479 g/mol. The molecule has 1 aromatic carbocycles. The monoisotopic (exact) mass is 478 g/mol. The molecule has 1 aromatic heterocycles. The fourth-order valence-corrected chi connectivity index (χ4v) is 6.23. The molecular formula is C26H33F3N2O3. The zero-order valence-corrected chi connectivity index (χ0v) is 19.8. The van der Waals surface area contributed by atoms with E-state index in [0.29, 0.717) is 35.7 Å². The van der Waals surface area contributed by atoms with E-state index < -0.39 is 6.36 Å². The molecular weight excluding hydrogens is 445 g/mol. The van der Waals surface area contributed by atoms with E-state index in [1.165, 1.54) is 12.1 Å². The van der Waals surface area contributed by atoms with Crippen LogP contribution in [0, 0.1) is 11.8 Å². The molecule has 2 heterocycles. The number of ether oxygens (including phenoxy) is 2. The zero-order chi connectivity index (χ0) is 23.9. The van der Waals surface area contributed by atoms with Gasteiger partial charge in [-0.2, -0.15) is 0 Å². The Bertz CT molecular complexity index is 995. The molecule has 1 aliphatic heterocycles. The Morgan fingerprint density at radius 2 is 2.00 bits per heavy atom. The van der Waals surface area contributed by atoms with Gasteiger partial charge in [0, 0.05) is 36.2 Å². The molecule has 5 nitrogen and oxygen atoms in total. The van der Waals surface area contributed by atoms with Crippen molar-refractivity contribution in [2.75, 3.05) is 6.61 Å². The summed E-state index contributed by atoms with van der Waals surface area (Å²) in [6.45, 7) is 5.90. The van der Waals surface area contributed by atoms with Gasteiger partial charge in [-0.15, -0.1) is 13.2 Å². The fraction of sp³-hybridized carbons (Fsp3) is 0.654. The predicted octanol–water partition coefficient (Wildman–Crippen LogP) is 6.58. The number of hydrogen-bond acceptors (Lipinski definition) is 5. The van der Waals surface area contributed by atoms with Gasteiger partial charge in [0.2, 0.25) is 0 Å². The first-order valence-corrected chi connectivity index (χ1v) is 12.5. The lowest BCUT2D eigenvalue weighted by atomic mass is 9.65. The number of nitrogens with one attached hydrogen (secondary N) is 1. The van der Waals surface area contributed by atoms with Crippen LogP contribution in [-0.2, 0) is 11.3 Å². The van der Waals surface area contributed by atoms with E-state index in [0.717, 1.165) is 62.9 Å². The third kappa shape index (κ3) is 4.59. The van der Waals surface area contributed by atoms with Gasteiger partial charge in [-0.05, 0) is 62.5 Å². The summed E-state index contributed by atoms with van der Waals surface area (Å²) in [6.07, 6.45) is 2.66. The lowest BCUT2D eigenvalue weighted by Crippen LogP contribution is -2.52. The summed E-state index contributed by atoms with van der Waals surface area (Å²) in [5.74, 6) is 1.77. The minimum absolute atomic E-state index is 0.00231. The largest absolute Gasteiger partial charge is 0.573 e. The van der Waals surface area contributed by atoms with E-state index >= 15 is 0 Å². The first kappa shape index (κ1) is 23.7. The number of alkyl halides is 3. The quantitative estimate of drug-likeness (QED) is 0.487. The number of hydrogen-bond donors (Lipinski definition) is 1. The molecule has 2 aromatic rings. The van der Waals surface area contributed by atoms with Gasteiger partial charge in [-0.25, -0.2) is 0 Å². The smallest absolute Gasteiger partial charge is 0.405 e. The normalized spacial score (nSPS) is 29.6. The van der Waals surface area contributed by atoms with E-state index in [4.69, 9.17) is 9.26 Å². The van der Waals surface area contributed by atoms with E-state index in [-0.39, 0.29) is 17.3 Å². The molecule has 4 unspecified atom stereocenters. The van der Waals surface area contributed by atoms with Crippen LogP contribution >= 0.6 is 0 Å². The van der Waals surface area contributed by atoms with Crippen LogP contribution in [0.1, 0.15) is 76.0 Å². The van der Waals surface area contributed by atoms with Crippen molar-refractivity contribution >= 4 is 0 Å². The first-order valence-electron chi connectivity index (χ1n) is 12.5. The van der Waals surface area contributed by atoms with Gasteiger partial charge >= 0.3 is 6.36 Å². The van der Waals surface area contributed by atoms with Crippen molar-refractivity contribution < 1.29 is 27.2 Å². The second-order valence-electron chi connectivity index (χ2n) is 10.2. The van der Waals surface area contributed by atoms with Crippen molar-refractivity contribution in [2.24, 2.45) is 11.8 Å². The van der Waals surface area contributed by atoms with Crippen molar-refractivity contribution in [1.29, 1.82) is 0 Å². The fourth-order valence-electron chi connectivity index (χ4n) is 6.23. The van der Waals surface area contributed by atoms with Crippen molar-refractivity contribution in [2.45, 2.75) is 89.3 Å². The third-order valence-electron chi connectivity index (χ3n) is 8.01. The van der Waals surface area contributed by atoms with Crippen LogP contribution in [0.3, 0.4) is 0 Å². The topological polar surface area (TPSA) is 56.5 Å². The van der Waals surface area contributed by atoms with E-state index in [2.05, 4.69) is 29.1 Å². The Morgan fingerprint density at radius 3 is 2.68 bits per heavy atom. The standard InChI is InChI=1S/C26H33F3N2O3/c1-3-18-14-19(13-16(2)25(18)11-6-12-32-25)30-15-21-23(31-34-24(21)17-9-10-17)20-7-4-5-8-22(20)33-26(27,28)29/h4-5,7-8,16-19,30H,3,6,9-15H2,1-2H3. The molecule has 0 radical (unpaired) electrons. The van der Waals surface area contributed by atoms with Gasteiger partial charge in [0.15, 0.2) is 0 Å². The SMILES string of the molecule is CCC1CC(NCc2c(-c3ccccc3OC(F)(F)F)noc2C2CC2)CC(C)C12CCCO2. The number of benzene rings is 1. The summed E-state index contributed by atoms with van der Waals surface area (Å²) in [5.41, 5.74) is 1.58. The van der Waals surface area contributed by atoms with Crippen LogP contribution < -0.4 is 10.1 Å². The molecule has 1 N–H and O–H groups in total. The van der Waals surface area contributed by atoms with Crippen LogP contribution in [0.15, 0.2) is 28.8 Å². The number of aromatic nitrogens is 1. The molecule has 3 aliphatic rings. The van der Waals surface area contributed by atoms with Gasteiger partial charge in [-0.3, -0.25) is 0 Å². The van der Waals surface area contributed by atoms with Gasteiger partial charge in [0.05, 0.1) is 5.60 Å².